The Kier molecular flexibility index (Phi) is 10.3. The second kappa shape index (κ2) is 13.1. The van der Waals surface area contributed by atoms with Crippen LogP contribution in [0.3, 0.4) is 0 Å². The molecule has 3 rings (SSSR count). The van der Waals surface area contributed by atoms with Gasteiger partial charge in [-0.05, 0) is 43.2 Å². The van der Waals surface area contributed by atoms with Crippen molar-refractivity contribution < 1.29 is 39.8 Å². The highest BCUT2D eigenvalue weighted by molar-refractivity contribution is 7.93. The van der Waals surface area contributed by atoms with E-state index in [2.05, 4.69) is 9.44 Å². The maximum atomic E-state index is 14.8. The number of nitrogens with one attached hydrogen (secondary N) is 2. The Morgan fingerprint density at radius 3 is 1.65 bits per heavy atom. The van der Waals surface area contributed by atoms with E-state index in [1.54, 1.807) is 13.8 Å². The van der Waals surface area contributed by atoms with Crippen molar-refractivity contribution >= 4 is 54.6 Å². The minimum Gasteiger partial charge on any atom is -0.495 e. The van der Waals surface area contributed by atoms with E-state index < -0.39 is 52.8 Å². The van der Waals surface area contributed by atoms with Crippen LogP contribution in [0.2, 0.25) is 10.0 Å². The van der Waals surface area contributed by atoms with E-state index in [0.717, 1.165) is 30.3 Å². The van der Waals surface area contributed by atoms with Gasteiger partial charge in [0.2, 0.25) is 0 Å². The van der Waals surface area contributed by atoms with Crippen molar-refractivity contribution in [1.82, 2.24) is 0 Å². The highest BCUT2D eigenvalue weighted by Crippen LogP contribution is 2.37. The van der Waals surface area contributed by atoms with E-state index in [4.69, 9.17) is 37.4 Å². The summed E-state index contributed by atoms with van der Waals surface area (Å²) in [6.07, 6.45) is 1.09. The lowest BCUT2D eigenvalue weighted by Crippen LogP contribution is -2.19. The third kappa shape index (κ3) is 7.39. The molecule has 0 heterocycles. The van der Waals surface area contributed by atoms with Gasteiger partial charge in [0.1, 0.15) is 33.5 Å². The van der Waals surface area contributed by atoms with Gasteiger partial charge < -0.3 is 14.2 Å². The molecule has 0 aromatic heterocycles. The Morgan fingerprint density at radius 1 is 0.725 bits per heavy atom. The van der Waals surface area contributed by atoms with Crippen molar-refractivity contribution in [2.45, 2.75) is 36.5 Å². The maximum Gasteiger partial charge on any atom is 0.265 e. The topological polar surface area (TPSA) is 120 Å². The van der Waals surface area contributed by atoms with Crippen LogP contribution in [0.5, 0.6) is 17.2 Å². The van der Waals surface area contributed by atoms with E-state index in [0.29, 0.717) is 12.8 Å². The first-order valence-corrected chi connectivity index (χ1v) is 15.5. The lowest BCUT2D eigenvalue weighted by molar-refractivity contribution is 0.317. The van der Waals surface area contributed by atoms with Gasteiger partial charge in [0.05, 0.1) is 25.2 Å². The van der Waals surface area contributed by atoms with Crippen LogP contribution in [0.25, 0.3) is 0 Å². The standard InChI is InChI=1S/C25H26Cl2F2N2O7S2/c1-4-8-37-21-12-15(26)10-18(28)24(21)30-39(32,33)17-6-7-20(36-3)23(14-17)40(34,35)31-25-19(29)11-16(27)13-22(25)38-9-5-2/h6-7,10-14,30-31H,4-5,8-9H2,1-3H3. The first-order chi connectivity index (χ1) is 18.8. The summed E-state index contributed by atoms with van der Waals surface area (Å²) in [6, 6.07) is 7.18. The molecule has 0 unspecified atom stereocenters. The summed E-state index contributed by atoms with van der Waals surface area (Å²) < 4.78 is 103. The molecule has 3 aromatic carbocycles. The molecule has 0 aliphatic carbocycles. The lowest BCUT2D eigenvalue weighted by Gasteiger charge is -2.17. The first kappa shape index (κ1) is 31.5. The molecule has 0 bridgehead atoms. The smallest absolute Gasteiger partial charge is 0.265 e. The van der Waals surface area contributed by atoms with Gasteiger partial charge in [-0.2, -0.15) is 0 Å². The zero-order chi connectivity index (χ0) is 29.7. The number of methoxy groups -OCH3 is 1. The van der Waals surface area contributed by atoms with Crippen molar-refractivity contribution in [3.63, 3.8) is 0 Å². The van der Waals surface area contributed by atoms with Crippen LogP contribution in [0.1, 0.15) is 26.7 Å². The SMILES string of the molecule is CCCOc1cc(Cl)cc(F)c1NS(=O)(=O)c1ccc(OC)c(S(=O)(=O)Nc2c(F)cc(Cl)cc2OCCC)c1. The Bertz CT molecular complexity index is 1610. The van der Waals surface area contributed by atoms with Gasteiger partial charge in [0.15, 0.2) is 11.6 Å². The molecule has 0 spiro atoms. The van der Waals surface area contributed by atoms with Crippen LogP contribution in [0, 0.1) is 11.6 Å². The summed E-state index contributed by atoms with van der Waals surface area (Å²) >= 11 is 11.8. The summed E-state index contributed by atoms with van der Waals surface area (Å²) in [5.41, 5.74) is -1.05. The molecule has 9 nitrogen and oxygen atoms in total. The monoisotopic (exact) mass is 638 g/mol. The largest absolute Gasteiger partial charge is 0.495 e. The zero-order valence-corrected chi connectivity index (χ0v) is 24.7. The zero-order valence-electron chi connectivity index (χ0n) is 21.6. The molecule has 0 aliphatic heterocycles. The Labute approximate surface area is 241 Å². The fourth-order valence-electron chi connectivity index (χ4n) is 3.37. The van der Waals surface area contributed by atoms with Crippen LogP contribution in [0.15, 0.2) is 52.3 Å². The van der Waals surface area contributed by atoms with E-state index >= 15 is 0 Å². The molecule has 15 heteroatoms. The van der Waals surface area contributed by atoms with Crippen molar-refractivity contribution in [1.29, 1.82) is 0 Å². The molecule has 0 amide bonds. The summed E-state index contributed by atoms with van der Waals surface area (Å²) in [6.45, 7) is 3.88. The summed E-state index contributed by atoms with van der Waals surface area (Å²) in [5.74, 6) is -2.61. The third-order valence-electron chi connectivity index (χ3n) is 5.17. The Balaban J connectivity index is 2.06. The molecule has 0 saturated carbocycles. The quantitative estimate of drug-likeness (QED) is 0.220. The van der Waals surface area contributed by atoms with Crippen LogP contribution in [0.4, 0.5) is 20.2 Å². The molecule has 3 aromatic rings. The van der Waals surface area contributed by atoms with Crippen molar-refractivity contribution in [2.24, 2.45) is 0 Å². The van der Waals surface area contributed by atoms with Crippen LogP contribution in [-0.2, 0) is 20.0 Å². The predicted octanol–water partition coefficient (Wildman–Crippen LogP) is 6.46. The molecule has 0 saturated heterocycles. The highest BCUT2D eigenvalue weighted by atomic mass is 35.5. The first-order valence-electron chi connectivity index (χ1n) is 11.8. The van der Waals surface area contributed by atoms with Crippen molar-refractivity contribution in [2.75, 3.05) is 29.8 Å². The van der Waals surface area contributed by atoms with Crippen LogP contribution < -0.4 is 23.7 Å². The minimum absolute atomic E-state index is 0.0211. The molecule has 0 fully saturated rings. The van der Waals surface area contributed by atoms with E-state index in [1.165, 1.54) is 19.2 Å². The fraction of sp³-hybridized carbons (Fsp3) is 0.280. The van der Waals surface area contributed by atoms with Gasteiger partial charge in [0, 0.05) is 22.2 Å². The Hall–Kier alpha value is -3.00. The van der Waals surface area contributed by atoms with E-state index in [-0.39, 0.29) is 40.5 Å². The number of benzene rings is 3. The second-order valence-corrected chi connectivity index (χ2v) is 12.4. The van der Waals surface area contributed by atoms with Gasteiger partial charge in [-0.25, -0.2) is 25.6 Å². The fourth-order valence-corrected chi connectivity index (χ4v) is 6.21. The molecular formula is C25H26Cl2F2N2O7S2. The minimum atomic E-state index is -4.68. The Morgan fingerprint density at radius 2 is 1.20 bits per heavy atom. The summed E-state index contributed by atoms with van der Waals surface area (Å²) in [4.78, 5) is -1.21. The predicted molar refractivity (Wildman–Crippen MR) is 149 cm³/mol. The second-order valence-electron chi connectivity index (χ2n) is 8.24. The molecule has 218 valence electrons. The normalized spacial score (nSPS) is 11.7. The van der Waals surface area contributed by atoms with Crippen LogP contribution >= 0.6 is 23.2 Å². The number of anilines is 2. The number of rotatable bonds is 13. The lowest BCUT2D eigenvalue weighted by atomic mass is 10.3. The van der Waals surface area contributed by atoms with Crippen molar-refractivity contribution in [3.8, 4) is 17.2 Å². The highest BCUT2D eigenvalue weighted by Gasteiger charge is 2.28. The molecule has 0 atom stereocenters. The number of hydrogen-bond donors (Lipinski definition) is 2. The number of ether oxygens (including phenoxy) is 3. The number of sulfonamides is 2. The van der Waals surface area contributed by atoms with Gasteiger partial charge >= 0.3 is 0 Å². The van der Waals surface area contributed by atoms with Gasteiger partial charge in [-0.15, -0.1) is 0 Å². The molecular weight excluding hydrogens is 613 g/mol. The number of halogens is 4. The van der Waals surface area contributed by atoms with E-state index in [1.807, 2.05) is 0 Å². The third-order valence-corrected chi connectivity index (χ3v) is 8.32. The maximum absolute atomic E-state index is 14.8. The molecule has 2 N–H and O–H groups in total. The van der Waals surface area contributed by atoms with Crippen molar-refractivity contribution in [3.05, 3.63) is 64.1 Å². The average molecular weight is 640 g/mol. The van der Waals surface area contributed by atoms with Gasteiger partial charge in [-0.3, -0.25) is 9.44 Å². The van der Waals surface area contributed by atoms with Gasteiger partial charge in [0.25, 0.3) is 20.0 Å². The van der Waals surface area contributed by atoms with Crippen LogP contribution in [-0.4, -0.2) is 37.2 Å². The number of hydrogen-bond acceptors (Lipinski definition) is 7. The van der Waals surface area contributed by atoms with Gasteiger partial charge in [-0.1, -0.05) is 37.0 Å². The van der Waals surface area contributed by atoms with E-state index in [9.17, 15) is 25.6 Å². The summed E-state index contributed by atoms with van der Waals surface area (Å²) in [7, 11) is -8.10. The summed E-state index contributed by atoms with van der Waals surface area (Å²) in [5, 5.41) is -0.0489. The molecule has 0 radical (unpaired) electrons. The molecule has 40 heavy (non-hydrogen) atoms. The molecule has 0 aliphatic rings. The average Bonchev–Trinajstić information content (AvgIpc) is 2.89.